The van der Waals surface area contributed by atoms with E-state index in [4.69, 9.17) is 0 Å². The number of H-pyrrole nitrogens is 1. The van der Waals surface area contributed by atoms with Gasteiger partial charge < -0.3 is 15.1 Å². The minimum atomic E-state index is -0.232. The number of hydrogen-bond acceptors (Lipinski definition) is 6. The lowest BCUT2D eigenvalue weighted by molar-refractivity contribution is 0.102. The first-order valence-corrected chi connectivity index (χ1v) is 12.3. The number of hydrogen-bond donors (Lipinski definition) is 2. The topological polar surface area (TPSA) is 80.4 Å². The van der Waals surface area contributed by atoms with Gasteiger partial charge in [-0.1, -0.05) is 18.2 Å². The summed E-state index contributed by atoms with van der Waals surface area (Å²) in [6.07, 6.45) is 3.74. The SMILES string of the molecule is CN(C)Cc1cncc(-c2ccc3[nH]nc(C(=O)Nc4ccc(CN5CCN(C)CC5)cc4)c3c2)c1. The number of benzene rings is 2. The van der Waals surface area contributed by atoms with Crippen molar-refractivity contribution in [2.45, 2.75) is 13.1 Å². The Hall–Kier alpha value is -3.59. The van der Waals surface area contributed by atoms with Gasteiger partial charge in [-0.25, -0.2) is 0 Å². The number of fused-ring (bicyclic) bond motifs is 1. The first-order chi connectivity index (χ1) is 17.4. The molecule has 2 aromatic carbocycles. The highest BCUT2D eigenvalue weighted by Crippen LogP contribution is 2.26. The van der Waals surface area contributed by atoms with E-state index >= 15 is 0 Å². The van der Waals surface area contributed by atoms with Gasteiger partial charge in [0.2, 0.25) is 0 Å². The summed E-state index contributed by atoms with van der Waals surface area (Å²) in [6.45, 7) is 6.12. The van der Waals surface area contributed by atoms with Crippen molar-refractivity contribution in [2.24, 2.45) is 0 Å². The van der Waals surface area contributed by atoms with Crippen LogP contribution in [0.1, 0.15) is 21.6 Å². The van der Waals surface area contributed by atoms with Gasteiger partial charge in [0, 0.05) is 68.3 Å². The summed E-state index contributed by atoms with van der Waals surface area (Å²) in [5.74, 6) is -0.232. The number of aromatic nitrogens is 3. The third-order valence-corrected chi connectivity index (χ3v) is 6.62. The summed E-state index contributed by atoms with van der Waals surface area (Å²) >= 11 is 0. The van der Waals surface area contributed by atoms with Crippen LogP contribution in [0.3, 0.4) is 0 Å². The van der Waals surface area contributed by atoms with Crippen LogP contribution in [-0.4, -0.2) is 83.1 Å². The maximum atomic E-state index is 13.1. The molecule has 0 saturated carbocycles. The van der Waals surface area contributed by atoms with E-state index < -0.39 is 0 Å². The van der Waals surface area contributed by atoms with E-state index in [0.717, 1.165) is 72.5 Å². The molecular formula is C28H33N7O. The Bertz CT molecular complexity index is 1340. The van der Waals surface area contributed by atoms with Gasteiger partial charge in [0.1, 0.15) is 0 Å². The van der Waals surface area contributed by atoms with Crippen molar-refractivity contribution >= 4 is 22.5 Å². The smallest absolute Gasteiger partial charge is 0.276 e. The molecule has 5 rings (SSSR count). The Morgan fingerprint density at radius 1 is 0.972 bits per heavy atom. The van der Waals surface area contributed by atoms with Crippen LogP contribution >= 0.6 is 0 Å². The molecule has 8 nitrogen and oxygen atoms in total. The van der Waals surface area contributed by atoms with Crippen molar-refractivity contribution in [3.05, 3.63) is 77.7 Å². The first-order valence-electron chi connectivity index (χ1n) is 12.3. The van der Waals surface area contributed by atoms with Crippen LogP contribution in [0.2, 0.25) is 0 Å². The molecule has 2 N–H and O–H groups in total. The molecule has 1 aliphatic heterocycles. The Morgan fingerprint density at radius 2 is 1.75 bits per heavy atom. The van der Waals surface area contributed by atoms with Crippen LogP contribution in [-0.2, 0) is 13.1 Å². The summed E-state index contributed by atoms with van der Waals surface area (Å²) in [5.41, 5.74) is 6.36. The van der Waals surface area contributed by atoms with Crippen molar-refractivity contribution in [1.82, 2.24) is 29.9 Å². The first kappa shape index (κ1) is 24.1. The molecule has 0 radical (unpaired) electrons. The monoisotopic (exact) mass is 483 g/mol. The van der Waals surface area contributed by atoms with Crippen LogP contribution in [0.5, 0.6) is 0 Å². The molecule has 186 valence electrons. The largest absolute Gasteiger partial charge is 0.321 e. The van der Waals surface area contributed by atoms with Crippen molar-refractivity contribution in [2.75, 3.05) is 52.6 Å². The average Bonchev–Trinajstić information content (AvgIpc) is 3.30. The quantitative estimate of drug-likeness (QED) is 0.417. The zero-order chi connectivity index (χ0) is 25.1. The minimum absolute atomic E-state index is 0.232. The molecule has 4 aromatic rings. The predicted octanol–water partition coefficient (Wildman–Crippen LogP) is 3.69. The number of nitrogens with zero attached hydrogens (tertiary/aromatic N) is 5. The summed E-state index contributed by atoms with van der Waals surface area (Å²) in [6, 6.07) is 16.2. The molecule has 1 saturated heterocycles. The molecule has 2 aromatic heterocycles. The summed E-state index contributed by atoms with van der Waals surface area (Å²) < 4.78 is 0. The molecule has 0 bridgehead atoms. The minimum Gasteiger partial charge on any atom is -0.321 e. The standard InChI is InChI=1S/C28H33N7O/c1-33(2)18-21-14-23(17-29-16-21)22-6-9-26-25(15-22)27(32-31-26)28(36)30-24-7-4-20(5-8-24)19-35-12-10-34(3)11-13-35/h4-9,14-17H,10-13,18-19H2,1-3H3,(H,30,36)(H,31,32). The zero-order valence-corrected chi connectivity index (χ0v) is 21.2. The van der Waals surface area contributed by atoms with Gasteiger partial charge in [-0.3, -0.25) is 19.8 Å². The van der Waals surface area contributed by atoms with Gasteiger partial charge in [0.05, 0.1) is 5.52 Å². The Balaban J connectivity index is 1.30. The van der Waals surface area contributed by atoms with Crippen molar-refractivity contribution in [1.29, 1.82) is 0 Å². The number of rotatable bonds is 7. The summed E-state index contributed by atoms with van der Waals surface area (Å²) in [4.78, 5) is 24.5. The van der Waals surface area contributed by atoms with Gasteiger partial charge in [0.25, 0.3) is 5.91 Å². The van der Waals surface area contributed by atoms with Gasteiger partial charge in [-0.15, -0.1) is 0 Å². The molecule has 3 heterocycles. The third-order valence-electron chi connectivity index (χ3n) is 6.62. The number of amides is 1. The van der Waals surface area contributed by atoms with Crippen molar-refractivity contribution in [3.8, 4) is 11.1 Å². The Morgan fingerprint density at radius 3 is 2.50 bits per heavy atom. The lowest BCUT2D eigenvalue weighted by Crippen LogP contribution is -2.43. The highest BCUT2D eigenvalue weighted by molar-refractivity contribution is 6.11. The molecule has 1 aliphatic rings. The van der Waals surface area contributed by atoms with E-state index in [2.05, 4.69) is 60.4 Å². The fraction of sp³-hybridized carbons (Fsp3) is 0.321. The Labute approximate surface area is 211 Å². The normalized spacial score (nSPS) is 15.0. The molecule has 0 aliphatic carbocycles. The third kappa shape index (κ3) is 5.62. The second-order valence-corrected chi connectivity index (χ2v) is 9.88. The molecule has 1 fully saturated rings. The van der Waals surface area contributed by atoms with Crippen LogP contribution in [0.15, 0.2) is 60.9 Å². The fourth-order valence-corrected chi connectivity index (χ4v) is 4.61. The van der Waals surface area contributed by atoms with Crippen LogP contribution < -0.4 is 5.32 Å². The predicted molar refractivity (Wildman–Crippen MR) is 144 cm³/mol. The number of aromatic amines is 1. The van der Waals surface area contributed by atoms with Crippen LogP contribution in [0.25, 0.3) is 22.0 Å². The maximum absolute atomic E-state index is 13.1. The summed E-state index contributed by atoms with van der Waals surface area (Å²) in [5, 5.41) is 11.1. The fourth-order valence-electron chi connectivity index (χ4n) is 4.61. The molecular weight excluding hydrogens is 450 g/mol. The van der Waals surface area contributed by atoms with E-state index in [1.165, 1.54) is 5.56 Å². The number of carbonyl (C=O) groups is 1. The number of piperazine rings is 1. The van der Waals surface area contributed by atoms with E-state index in [-0.39, 0.29) is 5.91 Å². The summed E-state index contributed by atoms with van der Waals surface area (Å²) in [7, 11) is 6.24. The number of carbonyl (C=O) groups excluding carboxylic acids is 1. The van der Waals surface area contributed by atoms with E-state index in [1.807, 2.05) is 56.8 Å². The molecule has 0 atom stereocenters. The highest BCUT2D eigenvalue weighted by atomic mass is 16.1. The van der Waals surface area contributed by atoms with Crippen molar-refractivity contribution in [3.63, 3.8) is 0 Å². The Kier molecular flexibility index (Phi) is 7.09. The number of likely N-dealkylation sites (N-methyl/N-ethyl adjacent to an activating group) is 1. The van der Waals surface area contributed by atoms with Gasteiger partial charge in [-0.05, 0) is 68.2 Å². The lowest BCUT2D eigenvalue weighted by atomic mass is 10.0. The van der Waals surface area contributed by atoms with Crippen molar-refractivity contribution < 1.29 is 4.79 Å². The zero-order valence-electron chi connectivity index (χ0n) is 21.2. The van der Waals surface area contributed by atoms with E-state index in [9.17, 15) is 4.79 Å². The average molecular weight is 484 g/mol. The van der Waals surface area contributed by atoms with Gasteiger partial charge in [-0.2, -0.15) is 5.10 Å². The number of anilines is 1. The van der Waals surface area contributed by atoms with E-state index in [1.54, 1.807) is 0 Å². The van der Waals surface area contributed by atoms with Gasteiger partial charge in [0.15, 0.2) is 5.69 Å². The molecule has 0 unspecified atom stereocenters. The maximum Gasteiger partial charge on any atom is 0.276 e. The van der Waals surface area contributed by atoms with Crippen LogP contribution in [0, 0.1) is 0 Å². The highest BCUT2D eigenvalue weighted by Gasteiger charge is 2.17. The van der Waals surface area contributed by atoms with Crippen LogP contribution in [0.4, 0.5) is 5.69 Å². The molecule has 36 heavy (non-hydrogen) atoms. The molecule has 8 heteroatoms. The lowest BCUT2D eigenvalue weighted by Gasteiger charge is -2.32. The second-order valence-electron chi connectivity index (χ2n) is 9.88. The molecule has 1 amide bonds. The molecule has 0 spiro atoms. The van der Waals surface area contributed by atoms with Gasteiger partial charge >= 0.3 is 0 Å². The van der Waals surface area contributed by atoms with E-state index in [0.29, 0.717) is 5.69 Å². The second kappa shape index (κ2) is 10.6. The number of pyridine rings is 1. The number of nitrogens with one attached hydrogen (secondary N) is 2.